The highest BCUT2D eigenvalue weighted by Gasteiger charge is 2.04. The number of guanidine groups is 1. The number of hydrogen-bond donors (Lipinski definition) is 3. The molecule has 2 aromatic rings. The number of nitrogens with zero attached hydrogens (tertiary/aromatic N) is 1. The van der Waals surface area contributed by atoms with E-state index in [4.69, 9.17) is 0 Å². The van der Waals surface area contributed by atoms with E-state index in [0.717, 1.165) is 24.5 Å². The van der Waals surface area contributed by atoms with Crippen molar-refractivity contribution in [3.8, 4) is 0 Å². The van der Waals surface area contributed by atoms with Crippen molar-refractivity contribution in [1.82, 2.24) is 16.0 Å². The third-order valence-electron chi connectivity index (χ3n) is 3.65. The topological polar surface area (TPSA) is 65.5 Å². The zero-order chi connectivity index (χ0) is 17.2. The van der Waals surface area contributed by atoms with Crippen molar-refractivity contribution in [1.29, 1.82) is 0 Å². The summed E-state index contributed by atoms with van der Waals surface area (Å²) in [6.45, 7) is 1.41. The zero-order valence-electron chi connectivity index (χ0n) is 14.6. The summed E-state index contributed by atoms with van der Waals surface area (Å²) >= 11 is 0. The molecule has 0 aliphatic carbocycles. The van der Waals surface area contributed by atoms with Crippen molar-refractivity contribution in [2.24, 2.45) is 4.99 Å². The van der Waals surface area contributed by atoms with Crippen molar-refractivity contribution in [2.45, 2.75) is 13.0 Å². The van der Waals surface area contributed by atoms with E-state index in [1.807, 2.05) is 36.4 Å². The van der Waals surface area contributed by atoms with Crippen LogP contribution in [-0.4, -0.2) is 32.5 Å². The number of hydrogen-bond acceptors (Lipinski definition) is 2. The fourth-order valence-electron chi connectivity index (χ4n) is 2.34. The van der Waals surface area contributed by atoms with Gasteiger partial charge in [-0.15, -0.1) is 24.0 Å². The van der Waals surface area contributed by atoms with Gasteiger partial charge in [0.05, 0.1) is 0 Å². The molecular formula is C19H25IN4O. The first-order chi connectivity index (χ1) is 11.7. The number of carbonyl (C=O) groups excluding carboxylic acids is 1. The number of benzene rings is 2. The lowest BCUT2D eigenvalue weighted by Crippen LogP contribution is -2.37. The molecule has 0 radical (unpaired) electrons. The molecule has 1 amide bonds. The number of halogens is 1. The van der Waals surface area contributed by atoms with E-state index in [1.54, 1.807) is 20.2 Å². The fourth-order valence-corrected chi connectivity index (χ4v) is 2.34. The fraction of sp³-hybridized carbons (Fsp3) is 0.263. The Morgan fingerprint density at radius 3 is 2.40 bits per heavy atom. The Balaban J connectivity index is 0.00000312. The highest BCUT2D eigenvalue weighted by atomic mass is 127. The van der Waals surface area contributed by atoms with E-state index >= 15 is 0 Å². The van der Waals surface area contributed by atoms with E-state index in [0.29, 0.717) is 12.1 Å². The molecule has 0 spiro atoms. The lowest BCUT2D eigenvalue weighted by Gasteiger charge is -2.12. The Morgan fingerprint density at radius 1 is 1.00 bits per heavy atom. The first kappa shape index (κ1) is 21.0. The predicted octanol–water partition coefficient (Wildman–Crippen LogP) is 2.57. The summed E-state index contributed by atoms with van der Waals surface area (Å²) in [6, 6.07) is 17.9. The van der Waals surface area contributed by atoms with Crippen LogP contribution in [0.5, 0.6) is 0 Å². The molecule has 25 heavy (non-hydrogen) atoms. The smallest absolute Gasteiger partial charge is 0.251 e. The van der Waals surface area contributed by atoms with Crippen LogP contribution in [0.2, 0.25) is 0 Å². The summed E-state index contributed by atoms with van der Waals surface area (Å²) in [6.07, 6.45) is 0.938. The Kier molecular flexibility index (Phi) is 9.61. The Labute approximate surface area is 166 Å². The van der Waals surface area contributed by atoms with Crippen LogP contribution in [0, 0.1) is 0 Å². The second-order valence-electron chi connectivity index (χ2n) is 5.37. The third kappa shape index (κ3) is 7.13. The predicted molar refractivity (Wildman–Crippen MR) is 114 cm³/mol. The van der Waals surface area contributed by atoms with Crippen molar-refractivity contribution < 1.29 is 4.79 Å². The van der Waals surface area contributed by atoms with Crippen LogP contribution < -0.4 is 16.0 Å². The molecule has 0 atom stereocenters. The van der Waals surface area contributed by atoms with Gasteiger partial charge in [-0.3, -0.25) is 9.79 Å². The average Bonchev–Trinajstić information content (AvgIpc) is 2.65. The Bertz CT molecular complexity index is 689. The highest BCUT2D eigenvalue weighted by molar-refractivity contribution is 14.0. The number of rotatable bonds is 6. The maximum atomic E-state index is 11.7. The summed E-state index contributed by atoms with van der Waals surface area (Å²) in [5.41, 5.74) is 2.98. The Hall–Kier alpha value is -2.09. The molecule has 0 fully saturated rings. The minimum Gasteiger partial charge on any atom is -0.356 e. The molecule has 134 valence electrons. The third-order valence-corrected chi connectivity index (χ3v) is 3.65. The SMILES string of the molecule is CN=C(NCCc1ccccc1)NCc1cccc(C(=O)NC)c1.I. The van der Waals surface area contributed by atoms with Gasteiger partial charge in [0.2, 0.25) is 0 Å². The average molecular weight is 452 g/mol. The summed E-state index contributed by atoms with van der Waals surface area (Å²) in [4.78, 5) is 15.9. The van der Waals surface area contributed by atoms with Gasteiger partial charge < -0.3 is 16.0 Å². The van der Waals surface area contributed by atoms with Gasteiger partial charge >= 0.3 is 0 Å². The van der Waals surface area contributed by atoms with Gasteiger partial charge in [-0.2, -0.15) is 0 Å². The number of carbonyl (C=O) groups is 1. The van der Waals surface area contributed by atoms with Crippen LogP contribution in [0.15, 0.2) is 59.6 Å². The van der Waals surface area contributed by atoms with Crippen molar-refractivity contribution in [3.63, 3.8) is 0 Å². The monoisotopic (exact) mass is 452 g/mol. The van der Waals surface area contributed by atoms with Crippen LogP contribution in [0.4, 0.5) is 0 Å². The van der Waals surface area contributed by atoms with Crippen LogP contribution in [0.1, 0.15) is 21.5 Å². The first-order valence-corrected chi connectivity index (χ1v) is 8.02. The molecular weight excluding hydrogens is 427 g/mol. The van der Waals surface area contributed by atoms with E-state index in [9.17, 15) is 4.79 Å². The number of aliphatic imine (C=N–C) groups is 1. The summed E-state index contributed by atoms with van der Waals surface area (Å²) in [5.74, 6) is 0.665. The molecule has 2 aromatic carbocycles. The molecule has 5 nitrogen and oxygen atoms in total. The molecule has 0 aromatic heterocycles. The van der Waals surface area contributed by atoms with Crippen molar-refractivity contribution in [3.05, 3.63) is 71.3 Å². The molecule has 0 unspecified atom stereocenters. The minimum atomic E-state index is -0.0813. The van der Waals surface area contributed by atoms with Gasteiger partial charge in [0, 0.05) is 32.7 Å². The van der Waals surface area contributed by atoms with Gasteiger partial charge in [0.25, 0.3) is 5.91 Å². The quantitative estimate of drug-likeness (QED) is 0.359. The van der Waals surface area contributed by atoms with Gasteiger partial charge in [-0.25, -0.2) is 0 Å². The standard InChI is InChI=1S/C19H24N4O.HI/c1-20-18(24)17-10-6-9-16(13-17)14-23-19(21-2)22-12-11-15-7-4-3-5-8-15;/h3-10,13H,11-12,14H2,1-2H3,(H,20,24)(H2,21,22,23);1H. The summed E-state index contributed by atoms with van der Waals surface area (Å²) < 4.78 is 0. The lowest BCUT2D eigenvalue weighted by atomic mass is 10.1. The molecule has 0 aliphatic rings. The zero-order valence-corrected chi connectivity index (χ0v) is 16.9. The molecule has 6 heteroatoms. The highest BCUT2D eigenvalue weighted by Crippen LogP contribution is 2.05. The molecule has 2 rings (SSSR count). The van der Waals surface area contributed by atoms with E-state index in [2.05, 4.69) is 33.1 Å². The lowest BCUT2D eigenvalue weighted by molar-refractivity contribution is 0.0963. The minimum absolute atomic E-state index is 0. The van der Waals surface area contributed by atoms with Gasteiger partial charge in [0.1, 0.15) is 0 Å². The Morgan fingerprint density at radius 2 is 1.72 bits per heavy atom. The maximum absolute atomic E-state index is 11.7. The van der Waals surface area contributed by atoms with Crippen molar-refractivity contribution in [2.75, 3.05) is 20.6 Å². The van der Waals surface area contributed by atoms with E-state index in [1.165, 1.54) is 5.56 Å². The van der Waals surface area contributed by atoms with E-state index < -0.39 is 0 Å². The van der Waals surface area contributed by atoms with Crippen LogP contribution in [0.25, 0.3) is 0 Å². The number of nitrogens with one attached hydrogen (secondary N) is 3. The molecule has 0 bridgehead atoms. The largest absolute Gasteiger partial charge is 0.356 e. The van der Waals surface area contributed by atoms with Crippen LogP contribution in [0.3, 0.4) is 0 Å². The summed E-state index contributed by atoms with van der Waals surface area (Å²) in [7, 11) is 3.38. The second-order valence-corrected chi connectivity index (χ2v) is 5.37. The van der Waals surface area contributed by atoms with Crippen molar-refractivity contribution >= 4 is 35.8 Å². The van der Waals surface area contributed by atoms with Crippen LogP contribution in [-0.2, 0) is 13.0 Å². The van der Waals surface area contributed by atoms with Gasteiger partial charge in [0.15, 0.2) is 5.96 Å². The second kappa shape index (κ2) is 11.5. The van der Waals surface area contributed by atoms with Gasteiger partial charge in [-0.1, -0.05) is 42.5 Å². The number of amides is 1. The first-order valence-electron chi connectivity index (χ1n) is 8.02. The molecule has 0 saturated heterocycles. The normalized spacial score (nSPS) is 10.6. The molecule has 0 saturated carbocycles. The molecule has 0 heterocycles. The molecule has 3 N–H and O–H groups in total. The summed E-state index contributed by atoms with van der Waals surface area (Å²) in [5, 5.41) is 9.19. The van der Waals surface area contributed by atoms with Gasteiger partial charge in [-0.05, 0) is 29.7 Å². The van der Waals surface area contributed by atoms with E-state index in [-0.39, 0.29) is 29.9 Å². The molecule has 0 aliphatic heterocycles. The maximum Gasteiger partial charge on any atom is 0.251 e. The van der Waals surface area contributed by atoms with Crippen LogP contribution >= 0.6 is 24.0 Å².